The highest BCUT2D eigenvalue weighted by Gasteiger charge is 2.19. The zero-order chi connectivity index (χ0) is 13.7. The Morgan fingerprint density at radius 2 is 1.28 bits per heavy atom. The van der Waals surface area contributed by atoms with E-state index in [0.717, 1.165) is 0 Å². The second kappa shape index (κ2) is 5.56. The Hall–Kier alpha value is -2.72. The van der Waals surface area contributed by atoms with E-state index in [2.05, 4.69) is 11.8 Å². The smallest absolute Gasteiger partial charge is 0.336 e. The molecule has 1 rings (SSSR count). The first-order valence-corrected chi connectivity index (χ1v) is 5.01. The molecule has 90 valence electrons. The molecule has 0 unspecified atom stereocenters. The lowest BCUT2D eigenvalue weighted by Crippen LogP contribution is -2.11. The molecule has 1 aromatic rings. The van der Waals surface area contributed by atoms with Gasteiger partial charge in [-0.15, -0.1) is 24.7 Å². The van der Waals surface area contributed by atoms with E-state index < -0.39 is 11.9 Å². The van der Waals surface area contributed by atoms with Crippen LogP contribution in [0.5, 0.6) is 0 Å². The monoisotopic (exact) mass is 242 g/mol. The van der Waals surface area contributed by atoms with Gasteiger partial charge >= 0.3 is 11.9 Å². The normalized spacial score (nSPS) is 9.22. The SMILES string of the molecule is C#CCc1c(C(=O)O)ccc(C(=O)O)c1CC#C. The standard InChI is InChI=1S/C14H10O4/c1-3-5-9-10(6-4-2)12(14(17)18)8-7-11(9)13(15)16/h1-2,7-8H,5-6H2,(H,15,16)(H,17,18). The quantitative estimate of drug-likeness (QED) is 0.783. The minimum Gasteiger partial charge on any atom is -0.478 e. The minimum atomic E-state index is -1.16. The number of carboxylic acid groups (broad SMARTS) is 2. The van der Waals surface area contributed by atoms with Crippen LogP contribution >= 0.6 is 0 Å². The van der Waals surface area contributed by atoms with Gasteiger partial charge in [0.1, 0.15) is 0 Å². The summed E-state index contributed by atoms with van der Waals surface area (Å²) in [6, 6.07) is 2.47. The van der Waals surface area contributed by atoms with Gasteiger partial charge in [-0.1, -0.05) is 0 Å². The predicted molar refractivity (Wildman–Crippen MR) is 65.4 cm³/mol. The van der Waals surface area contributed by atoms with E-state index in [0.29, 0.717) is 11.1 Å². The molecule has 4 heteroatoms. The van der Waals surface area contributed by atoms with Gasteiger partial charge in [0.2, 0.25) is 0 Å². The van der Waals surface area contributed by atoms with Crippen LogP contribution in [-0.4, -0.2) is 22.2 Å². The van der Waals surface area contributed by atoms with Gasteiger partial charge in [-0.05, 0) is 23.3 Å². The van der Waals surface area contributed by atoms with Crippen molar-refractivity contribution in [1.82, 2.24) is 0 Å². The van der Waals surface area contributed by atoms with Crippen molar-refractivity contribution in [2.75, 3.05) is 0 Å². The molecule has 0 radical (unpaired) electrons. The molecule has 0 amide bonds. The highest BCUT2D eigenvalue weighted by molar-refractivity contribution is 5.95. The molecule has 0 heterocycles. The summed E-state index contributed by atoms with van der Waals surface area (Å²) in [5, 5.41) is 18.1. The van der Waals surface area contributed by atoms with E-state index in [9.17, 15) is 9.59 Å². The Morgan fingerprint density at radius 3 is 1.50 bits per heavy atom. The first kappa shape index (κ1) is 13.3. The summed E-state index contributed by atoms with van der Waals surface area (Å²) in [6.45, 7) is 0. The van der Waals surface area contributed by atoms with Crippen molar-refractivity contribution in [3.8, 4) is 24.7 Å². The van der Waals surface area contributed by atoms with Gasteiger partial charge < -0.3 is 10.2 Å². The van der Waals surface area contributed by atoms with Crippen molar-refractivity contribution in [3.63, 3.8) is 0 Å². The zero-order valence-electron chi connectivity index (χ0n) is 9.43. The molecule has 0 bridgehead atoms. The van der Waals surface area contributed by atoms with Gasteiger partial charge in [0.05, 0.1) is 11.1 Å². The summed E-state index contributed by atoms with van der Waals surface area (Å²) in [5.74, 6) is 2.32. The van der Waals surface area contributed by atoms with Crippen molar-refractivity contribution in [2.24, 2.45) is 0 Å². The minimum absolute atomic E-state index is 0.0109. The number of carbonyl (C=O) groups is 2. The van der Waals surface area contributed by atoms with Gasteiger partial charge in [0.15, 0.2) is 0 Å². The zero-order valence-corrected chi connectivity index (χ0v) is 9.43. The lowest BCUT2D eigenvalue weighted by Gasteiger charge is -2.11. The van der Waals surface area contributed by atoms with Crippen molar-refractivity contribution < 1.29 is 19.8 Å². The third-order valence-corrected chi connectivity index (χ3v) is 2.45. The third-order valence-electron chi connectivity index (χ3n) is 2.45. The highest BCUT2D eigenvalue weighted by Crippen LogP contribution is 2.21. The molecule has 18 heavy (non-hydrogen) atoms. The summed E-state index contributed by atoms with van der Waals surface area (Å²) < 4.78 is 0. The van der Waals surface area contributed by atoms with Crippen LogP contribution in [0.2, 0.25) is 0 Å². The average molecular weight is 242 g/mol. The second-order valence-electron chi connectivity index (χ2n) is 3.49. The summed E-state index contributed by atoms with van der Waals surface area (Å²) in [4.78, 5) is 22.1. The van der Waals surface area contributed by atoms with E-state index in [1.54, 1.807) is 0 Å². The van der Waals surface area contributed by atoms with Crippen molar-refractivity contribution in [2.45, 2.75) is 12.8 Å². The molecule has 0 aliphatic heterocycles. The molecule has 0 atom stereocenters. The summed E-state index contributed by atoms with van der Waals surface area (Å²) in [5.41, 5.74) is 0.567. The van der Waals surface area contributed by atoms with Crippen LogP contribution in [0.3, 0.4) is 0 Å². The lowest BCUT2D eigenvalue weighted by atomic mass is 9.92. The van der Waals surface area contributed by atoms with Crippen LogP contribution in [0.1, 0.15) is 31.8 Å². The Labute approximate surface area is 104 Å². The van der Waals surface area contributed by atoms with E-state index in [-0.39, 0.29) is 24.0 Å². The van der Waals surface area contributed by atoms with Gasteiger partial charge in [-0.3, -0.25) is 0 Å². The first-order chi connectivity index (χ1) is 8.52. The van der Waals surface area contributed by atoms with Crippen LogP contribution in [-0.2, 0) is 12.8 Å². The molecule has 0 saturated carbocycles. The third kappa shape index (κ3) is 2.50. The number of rotatable bonds is 4. The maximum Gasteiger partial charge on any atom is 0.336 e. The molecular weight excluding hydrogens is 232 g/mol. The molecule has 0 aliphatic carbocycles. The van der Waals surface area contributed by atoms with E-state index >= 15 is 0 Å². The van der Waals surface area contributed by atoms with Crippen LogP contribution in [0.25, 0.3) is 0 Å². The lowest BCUT2D eigenvalue weighted by molar-refractivity contribution is 0.0679. The molecule has 4 nitrogen and oxygen atoms in total. The predicted octanol–water partition coefficient (Wildman–Crippen LogP) is 1.43. The number of terminal acetylenes is 2. The fourth-order valence-corrected chi connectivity index (χ4v) is 1.70. The van der Waals surface area contributed by atoms with Crippen LogP contribution in [0.4, 0.5) is 0 Å². The summed E-state index contributed by atoms with van der Waals surface area (Å²) >= 11 is 0. The largest absolute Gasteiger partial charge is 0.478 e. The second-order valence-corrected chi connectivity index (χ2v) is 3.49. The molecule has 0 fully saturated rings. The van der Waals surface area contributed by atoms with Crippen LogP contribution < -0.4 is 0 Å². The number of benzene rings is 1. The van der Waals surface area contributed by atoms with Crippen molar-refractivity contribution >= 4 is 11.9 Å². The van der Waals surface area contributed by atoms with E-state index in [1.165, 1.54) is 12.1 Å². The first-order valence-electron chi connectivity index (χ1n) is 5.01. The van der Waals surface area contributed by atoms with Crippen molar-refractivity contribution in [3.05, 3.63) is 34.4 Å². The van der Waals surface area contributed by atoms with Gasteiger partial charge in [0.25, 0.3) is 0 Å². The summed E-state index contributed by atoms with van der Waals surface area (Å²) in [7, 11) is 0. The highest BCUT2D eigenvalue weighted by atomic mass is 16.4. The Morgan fingerprint density at radius 1 is 0.944 bits per heavy atom. The molecular formula is C14H10O4. The van der Waals surface area contributed by atoms with Crippen LogP contribution in [0, 0.1) is 24.7 Å². The number of hydrogen-bond acceptors (Lipinski definition) is 2. The summed E-state index contributed by atoms with van der Waals surface area (Å²) in [6.07, 6.45) is 10.4. The Bertz CT molecular complexity index is 532. The van der Waals surface area contributed by atoms with Gasteiger partial charge in [-0.25, -0.2) is 9.59 Å². The molecule has 0 spiro atoms. The average Bonchev–Trinajstić information content (AvgIpc) is 2.30. The van der Waals surface area contributed by atoms with E-state index in [4.69, 9.17) is 23.1 Å². The maximum absolute atomic E-state index is 11.1. The van der Waals surface area contributed by atoms with Crippen molar-refractivity contribution in [1.29, 1.82) is 0 Å². The number of hydrogen-bond donors (Lipinski definition) is 2. The van der Waals surface area contributed by atoms with E-state index in [1.807, 2.05) is 0 Å². The Balaban J connectivity index is 3.60. The van der Waals surface area contributed by atoms with Crippen LogP contribution in [0.15, 0.2) is 12.1 Å². The fraction of sp³-hybridized carbons (Fsp3) is 0.143. The Kier molecular flexibility index (Phi) is 4.12. The van der Waals surface area contributed by atoms with Gasteiger partial charge in [0, 0.05) is 12.8 Å². The molecule has 0 aliphatic rings. The fourth-order valence-electron chi connectivity index (χ4n) is 1.70. The topological polar surface area (TPSA) is 74.6 Å². The number of carboxylic acids is 2. The van der Waals surface area contributed by atoms with Gasteiger partial charge in [-0.2, -0.15) is 0 Å². The molecule has 0 aromatic heterocycles. The maximum atomic E-state index is 11.1. The number of aromatic carboxylic acids is 2. The molecule has 2 N–H and O–H groups in total. The molecule has 1 aromatic carbocycles. The molecule has 0 saturated heterocycles.